The SMILES string of the molecule is O=C(c1csc(Nc2ccc(OC(F)F)cc2)n1)N1CCCC1. The van der Waals surface area contributed by atoms with Crippen LogP contribution in [0.2, 0.25) is 0 Å². The number of halogens is 2. The number of nitrogens with zero attached hydrogens (tertiary/aromatic N) is 2. The molecule has 0 bridgehead atoms. The summed E-state index contributed by atoms with van der Waals surface area (Å²) in [6.45, 7) is -1.28. The molecule has 1 fully saturated rings. The summed E-state index contributed by atoms with van der Waals surface area (Å²) in [4.78, 5) is 18.3. The summed E-state index contributed by atoms with van der Waals surface area (Å²) in [5, 5.41) is 5.34. The Kier molecular flexibility index (Phi) is 4.71. The molecule has 0 aliphatic carbocycles. The quantitative estimate of drug-likeness (QED) is 0.902. The van der Waals surface area contributed by atoms with Gasteiger partial charge in [-0.05, 0) is 37.1 Å². The largest absolute Gasteiger partial charge is 0.435 e. The highest BCUT2D eigenvalue weighted by atomic mass is 32.1. The zero-order valence-electron chi connectivity index (χ0n) is 12.2. The summed E-state index contributed by atoms with van der Waals surface area (Å²) in [5.41, 5.74) is 1.11. The second kappa shape index (κ2) is 6.91. The number of carbonyl (C=O) groups is 1. The fraction of sp³-hybridized carbons (Fsp3) is 0.333. The summed E-state index contributed by atoms with van der Waals surface area (Å²) in [5.74, 6) is 0.0436. The first-order valence-electron chi connectivity index (χ1n) is 7.18. The lowest BCUT2D eigenvalue weighted by Gasteiger charge is -2.12. The minimum Gasteiger partial charge on any atom is -0.435 e. The van der Waals surface area contributed by atoms with Gasteiger partial charge >= 0.3 is 6.61 Å². The molecule has 0 saturated carbocycles. The van der Waals surface area contributed by atoms with Gasteiger partial charge in [0.2, 0.25) is 0 Å². The molecule has 5 nitrogen and oxygen atoms in total. The van der Waals surface area contributed by atoms with Gasteiger partial charge in [0.25, 0.3) is 5.91 Å². The van der Waals surface area contributed by atoms with Crippen LogP contribution in [0.15, 0.2) is 29.6 Å². The van der Waals surface area contributed by atoms with Crippen molar-refractivity contribution in [1.29, 1.82) is 0 Å². The van der Waals surface area contributed by atoms with E-state index in [-0.39, 0.29) is 11.7 Å². The maximum absolute atomic E-state index is 12.2. The molecule has 23 heavy (non-hydrogen) atoms. The zero-order chi connectivity index (χ0) is 16.2. The fourth-order valence-corrected chi connectivity index (χ4v) is 3.06. The van der Waals surface area contributed by atoms with Gasteiger partial charge in [-0.15, -0.1) is 11.3 Å². The molecule has 1 aromatic carbocycles. The molecular formula is C15H15F2N3O2S. The van der Waals surface area contributed by atoms with Gasteiger partial charge in [-0.25, -0.2) is 4.98 Å². The van der Waals surface area contributed by atoms with Gasteiger partial charge in [-0.2, -0.15) is 8.78 Å². The molecule has 0 radical (unpaired) electrons. The number of carbonyl (C=O) groups excluding carboxylic acids is 1. The molecule has 1 amide bonds. The lowest BCUT2D eigenvalue weighted by Crippen LogP contribution is -2.27. The Morgan fingerprint density at radius 1 is 1.26 bits per heavy atom. The first-order chi connectivity index (χ1) is 11.1. The first-order valence-corrected chi connectivity index (χ1v) is 8.06. The van der Waals surface area contributed by atoms with E-state index in [2.05, 4.69) is 15.0 Å². The molecule has 1 N–H and O–H groups in total. The molecule has 1 aliphatic rings. The molecule has 8 heteroatoms. The number of anilines is 2. The maximum Gasteiger partial charge on any atom is 0.387 e. The van der Waals surface area contributed by atoms with Gasteiger partial charge in [-0.1, -0.05) is 0 Å². The maximum atomic E-state index is 12.2. The van der Waals surface area contributed by atoms with Crippen LogP contribution in [-0.2, 0) is 0 Å². The normalized spacial score (nSPS) is 14.3. The molecule has 2 aromatic rings. The van der Waals surface area contributed by atoms with Crippen molar-refractivity contribution in [3.63, 3.8) is 0 Å². The van der Waals surface area contributed by atoms with Crippen LogP contribution in [0.4, 0.5) is 19.6 Å². The van der Waals surface area contributed by atoms with Crippen molar-refractivity contribution in [3.05, 3.63) is 35.3 Å². The minimum atomic E-state index is -2.84. The molecule has 1 aromatic heterocycles. The molecule has 1 aliphatic heterocycles. The number of nitrogens with one attached hydrogen (secondary N) is 1. The predicted octanol–water partition coefficient (Wildman–Crippen LogP) is 3.72. The highest BCUT2D eigenvalue weighted by Crippen LogP contribution is 2.24. The standard InChI is InChI=1S/C15H15F2N3O2S/c16-14(17)22-11-5-3-10(4-6-11)18-15-19-12(9-23-15)13(21)20-7-1-2-8-20/h3-6,9,14H,1-2,7-8H2,(H,18,19). The van der Waals surface area contributed by atoms with Crippen LogP contribution in [0.25, 0.3) is 0 Å². The van der Waals surface area contributed by atoms with E-state index in [1.165, 1.54) is 23.5 Å². The van der Waals surface area contributed by atoms with Gasteiger partial charge in [0.1, 0.15) is 11.4 Å². The fourth-order valence-electron chi connectivity index (χ4n) is 2.35. The number of hydrogen-bond acceptors (Lipinski definition) is 5. The predicted molar refractivity (Wildman–Crippen MR) is 83.6 cm³/mol. The number of rotatable bonds is 5. The van der Waals surface area contributed by atoms with Gasteiger partial charge < -0.3 is 15.0 Å². The average molecular weight is 339 g/mol. The number of thiazole rings is 1. The first kappa shape index (κ1) is 15.7. The Balaban J connectivity index is 1.63. The summed E-state index contributed by atoms with van der Waals surface area (Å²) >= 11 is 1.33. The average Bonchev–Trinajstić information content (AvgIpc) is 3.19. The van der Waals surface area contributed by atoms with Crippen LogP contribution in [-0.4, -0.2) is 35.5 Å². The molecule has 1 saturated heterocycles. The van der Waals surface area contributed by atoms with Crippen molar-refractivity contribution < 1.29 is 18.3 Å². The smallest absolute Gasteiger partial charge is 0.387 e. The van der Waals surface area contributed by atoms with Gasteiger partial charge in [0.05, 0.1) is 0 Å². The molecule has 0 atom stereocenters. The van der Waals surface area contributed by atoms with Crippen LogP contribution in [0.5, 0.6) is 5.75 Å². The molecule has 0 spiro atoms. The van der Waals surface area contributed by atoms with E-state index in [9.17, 15) is 13.6 Å². The Morgan fingerprint density at radius 3 is 2.61 bits per heavy atom. The second-order valence-electron chi connectivity index (χ2n) is 5.07. The number of amides is 1. The van der Waals surface area contributed by atoms with Crippen molar-refractivity contribution in [2.45, 2.75) is 19.5 Å². The number of hydrogen-bond donors (Lipinski definition) is 1. The van der Waals surface area contributed by atoms with Crippen molar-refractivity contribution in [2.75, 3.05) is 18.4 Å². The number of alkyl halides is 2. The molecule has 3 rings (SSSR count). The summed E-state index contributed by atoms with van der Waals surface area (Å²) in [7, 11) is 0. The monoisotopic (exact) mass is 339 g/mol. The van der Waals surface area contributed by atoms with Crippen molar-refractivity contribution >= 4 is 28.1 Å². The second-order valence-corrected chi connectivity index (χ2v) is 5.92. The summed E-state index contributed by atoms with van der Waals surface area (Å²) < 4.78 is 28.5. The minimum absolute atomic E-state index is 0.0486. The van der Waals surface area contributed by atoms with Gasteiger partial charge in [-0.3, -0.25) is 4.79 Å². The topological polar surface area (TPSA) is 54.5 Å². The number of likely N-dealkylation sites (tertiary alicyclic amines) is 1. The van der Waals surface area contributed by atoms with Crippen LogP contribution in [0.1, 0.15) is 23.3 Å². The van der Waals surface area contributed by atoms with Gasteiger partial charge in [0, 0.05) is 24.2 Å². The van der Waals surface area contributed by atoms with Crippen LogP contribution in [0.3, 0.4) is 0 Å². The highest BCUT2D eigenvalue weighted by Gasteiger charge is 2.21. The van der Waals surface area contributed by atoms with E-state index in [4.69, 9.17) is 0 Å². The Labute approximate surface area is 135 Å². The van der Waals surface area contributed by atoms with Crippen LogP contribution in [0, 0.1) is 0 Å². The van der Waals surface area contributed by atoms with E-state index in [0.717, 1.165) is 25.9 Å². The van der Waals surface area contributed by atoms with E-state index < -0.39 is 6.61 Å². The Bertz CT molecular complexity index is 670. The Hall–Kier alpha value is -2.22. The van der Waals surface area contributed by atoms with E-state index in [1.807, 2.05) is 0 Å². The van der Waals surface area contributed by atoms with Crippen molar-refractivity contribution in [2.24, 2.45) is 0 Å². The van der Waals surface area contributed by atoms with Gasteiger partial charge in [0.15, 0.2) is 5.13 Å². The molecule has 122 valence electrons. The molecular weight excluding hydrogens is 324 g/mol. The highest BCUT2D eigenvalue weighted by molar-refractivity contribution is 7.14. The number of benzene rings is 1. The lowest BCUT2D eigenvalue weighted by molar-refractivity contribution is -0.0498. The lowest BCUT2D eigenvalue weighted by atomic mass is 10.3. The molecule has 2 heterocycles. The van der Waals surface area contributed by atoms with E-state index in [0.29, 0.717) is 16.5 Å². The zero-order valence-corrected chi connectivity index (χ0v) is 13.0. The Morgan fingerprint density at radius 2 is 1.96 bits per heavy atom. The van der Waals surface area contributed by atoms with Crippen LogP contribution >= 0.6 is 11.3 Å². The third-order valence-electron chi connectivity index (χ3n) is 3.45. The van der Waals surface area contributed by atoms with E-state index in [1.54, 1.807) is 22.4 Å². The third kappa shape index (κ3) is 3.95. The van der Waals surface area contributed by atoms with Crippen molar-refractivity contribution in [3.8, 4) is 5.75 Å². The third-order valence-corrected chi connectivity index (χ3v) is 4.21. The summed E-state index contributed by atoms with van der Waals surface area (Å²) in [6.07, 6.45) is 2.07. The number of ether oxygens (including phenoxy) is 1. The van der Waals surface area contributed by atoms with Crippen LogP contribution < -0.4 is 10.1 Å². The number of aromatic nitrogens is 1. The van der Waals surface area contributed by atoms with E-state index >= 15 is 0 Å². The summed E-state index contributed by atoms with van der Waals surface area (Å²) in [6, 6.07) is 6.11. The van der Waals surface area contributed by atoms with Crippen molar-refractivity contribution in [1.82, 2.24) is 9.88 Å². The molecule has 0 unspecified atom stereocenters.